The maximum Gasteiger partial charge on any atom is 0.327 e. The molecule has 1 aliphatic carbocycles. The lowest BCUT2D eigenvalue weighted by atomic mass is 9.93. The van der Waals surface area contributed by atoms with E-state index >= 15 is 0 Å². The lowest BCUT2D eigenvalue weighted by Crippen LogP contribution is -2.05. The number of aromatic nitrogens is 1. The van der Waals surface area contributed by atoms with Crippen LogP contribution in [0.25, 0.3) is 4.91 Å². The lowest BCUT2D eigenvalue weighted by Gasteiger charge is -2.17. The van der Waals surface area contributed by atoms with Gasteiger partial charge in [-0.1, -0.05) is 11.3 Å². The summed E-state index contributed by atoms with van der Waals surface area (Å²) < 4.78 is 5.95. The van der Waals surface area contributed by atoms with Crippen molar-refractivity contribution >= 4 is 41.0 Å². The number of carbonyl (C=O) groups is 1. The van der Waals surface area contributed by atoms with Gasteiger partial charge < -0.3 is 10.1 Å². The van der Waals surface area contributed by atoms with Crippen LogP contribution in [0.4, 0.5) is 0 Å². The minimum Gasteiger partial charge on any atom is -0.444 e. The molecule has 0 radical (unpaired) electrons. The SMILES string of the molecule is Cc1ncccc1Oc1sc(C(=O)N=O)c2c1C(S)=C(C=N)CC2. The smallest absolute Gasteiger partial charge is 0.327 e. The Balaban J connectivity index is 2.17. The number of amides is 1. The van der Waals surface area contributed by atoms with Crippen LogP contribution in [0.15, 0.2) is 29.1 Å². The highest BCUT2D eigenvalue weighted by molar-refractivity contribution is 7.90. The van der Waals surface area contributed by atoms with E-state index in [1.165, 1.54) is 6.21 Å². The third-order valence-electron chi connectivity index (χ3n) is 3.77. The van der Waals surface area contributed by atoms with Crippen molar-refractivity contribution in [2.75, 3.05) is 0 Å². The summed E-state index contributed by atoms with van der Waals surface area (Å²) in [6.07, 6.45) is 4.03. The third kappa shape index (κ3) is 2.78. The van der Waals surface area contributed by atoms with E-state index in [0.29, 0.717) is 45.4 Å². The molecular weight excluding hydrogens is 346 g/mol. The fourth-order valence-electron chi connectivity index (χ4n) is 2.56. The van der Waals surface area contributed by atoms with E-state index < -0.39 is 5.91 Å². The molecule has 6 nitrogen and oxygen atoms in total. The quantitative estimate of drug-likeness (QED) is 0.481. The van der Waals surface area contributed by atoms with Gasteiger partial charge in [0.1, 0.15) is 10.6 Å². The molecule has 0 spiro atoms. The Labute approximate surface area is 147 Å². The predicted molar refractivity (Wildman–Crippen MR) is 96.5 cm³/mol. The Morgan fingerprint density at radius 1 is 1.50 bits per heavy atom. The molecule has 1 N–H and O–H groups in total. The average Bonchev–Trinajstić information content (AvgIpc) is 2.96. The van der Waals surface area contributed by atoms with Crippen LogP contribution >= 0.6 is 24.0 Å². The third-order valence-corrected chi connectivity index (χ3v) is 5.38. The minimum atomic E-state index is -0.812. The zero-order chi connectivity index (χ0) is 17.3. The summed E-state index contributed by atoms with van der Waals surface area (Å²) in [6, 6.07) is 3.53. The number of rotatable bonds is 4. The summed E-state index contributed by atoms with van der Waals surface area (Å²) in [4.78, 5) is 27.6. The normalized spacial score (nSPS) is 13.4. The van der Waals surface area contributed by atoms with E-state index in [2.05, 4.69) is 22.8 Å². The van der Waals surface area contributed by atoms with E-state index in [0.717, 1.165) is 16.9 Å². The number of aryl methyl sites for hydroxylation is 1. The number of pyridine rings is 1. The second kappa shape index (κ2) is 6.66. The van der Waals surface area contributed by atoms with Crippen LogP contribution in [-0.4, -0.2) is 17.1 Å². The lowest BCUT2D eigenvalue weighted by molar-refractivity contribution is 0.100. The number of hydrogen-bond donors (Lipinski definition) is 2. The molecule has 0 fully saturated rings. The average molecular weight is 359 g/mol. The van der Waals surface area contributed by atoms with Crippen LogP contribution in [0.5, 0.6) is 10.8 Å². The van der Waals surface area contributed by atoms with Crippen LogP contribution in [0, 0.1) is 17.2 Å². The summed E-state index contributed by atoms with van der Waals surface area (Å²) in [7, 11) is 0. The Hall–Kier alpha value is -2.32. The number of ether oxygens (including phenoxy) is 1. The van der Waals surface area contributed by atoms with E-state index in [4.69, 9.17) is 10.1 Å². The van der Waals surface area contributed by atoms with Gasteiger partial charge in [0, 0.05) is 28.1 Å². The second-order valence-corrected chi connectivity index (χ2v) is 6.61. The van der Waals surface area contributed by atoms with Crippen LogP contribution < -0.4 is 4.74 Å². The fraction of sp³-hybridized carbons (Fsp3) is 0.188. The van der Waals surface area contributed by atoms with Crippen LogP contribution in [0.3, 0.4) is 0 Å². The monoisotopic (exact) mass is 359 g/mol. The van der Waals surface area contributed by atoms with Gasteiger partial charge in [-0.15, -0.1) is 17.5 Å². The first-order valence-electron chi connectivity index (χ1n) is 7.12. The second-order valence-electron chi connectivity index (χ2n) is 5.18. The van der Waals surface area contributed by atoms with Gasteiger partial charge in [-0.2, -0.15) is 0 Å². The maximum absolute atomic E-state index is 11.9. The van der Waals surface area contributed by atoms with Gasteiger partial charge in [-0.05, 0) is 43.0 Å². The van der Waals surface area contributed by atoms with Gasteiger partial charge in [-0.3, -0.25) is 9.78 Å². The van der Waals surface area contributed by atoms with Crippen molar-refractivity contribution < 1.29 is 9.53 Å². The summed E-state index contributed by atoms with van der Waals surface area (Å²) in [5, 5.41) is 10.5. The van der Waals surface area contributed by atoms with Gasteiger partial charge in [0.05, 0.1) is 5.69 Å². The molecule has 0 unspecified atom stereocenters. The van der Waals surface area contributed by atoms with E-state index in [1.54, 1.807) is 18.3 Å². The summed E-state index contributed by atoms with van der Waals surface area (Å²) in [5.41, 5.74) is 2.82. The van der Waals surface area contributed by atoms with E-state index in [1.807, 2.05) is 6.92 Å². The van der Waals surface area contributed by atoms with Crippen LogP contribution in [0.1, 0.15) is 32.9 Å². The van der Waals surface area contributed by atoms with Crippen molar-refractivity contribution in [3.05, 3.63) is 50.5 Å². The molecule has 2 aromatic rings. The Morgan fingerprint density at radius 3 is 2.96 bits per heavy atom. The molecule has 0 aromatic carbocycles. The Bertz CT molecular complexity index is 887. The highest BCUT2D eigenvalue weighted by atomic mass is 32.1. The minimum absolute atomic E-state index is 0.270. The molecule has 0 bridgehead atoms. The molecule has 2 heterocycles. The molecule has 122 valence electrons. The number of nitrogens with zero attached hydrogens (tertiary/aromatic N) is 2. The van der Waals surface area contributed by atoms with Gasteiger partial charge in [0.2, 0.25) is 0 Å². The topological polar surface area (TPSA) is 92.5 Å². The first kappa shape index (κ1) is 16.5. The summed E-state index contributed by atoms with van der Waals surface area (Å²) in [5.74, 6) is -0.254. The van der Waals surface area contributed by atoms with Crippen molar-refractivity contribution in [2.45, 2.75) is 19.8 Å². The number of carbonyl (C=O) groups excluding carboxylic acids is 1. The van der Waals surface area contributed by atoms with Crippen molar-refractivity contribution in [1.82, 2.24) is 4.98 Å². The largest absolute Gasteiger partial charge is 0.444 e. The first-order chi connectivity index (χ1) is 11.6. The number of fused-ring (bicyclic) bond motifs is 1. The fourth-order valence-corrected chi connectivity index (χ4v) is 4.15. The van der Waals surface area contributed by atoms with Crippen molar-refractivity contribution in [3.63, 3.8) is 0 Å². The van der Waals surface area contributed by atoms with Crippen molar-refractivity contribution in [1.29, 1.82) is 5.41 Å². The number of allylic oxidation sites excluding steroid dienone is 1. The molecule has 0 atom stereocenters. The molecule has 1 amide bonds. The van der Waals surface area contributed by atoms with Gasteiger partial charge in [0.15, 0.2) is 5.06 Å². The van der Waals surface area contributed by atoms with Gasteiger partial charge >= 0.3 is 5.91 Å². The molecule has 3 rings (SSSR count). The number of nitroso groups, excluding NO2 is 1. The van der Waals surface area contributed by atoms with Crippen molar-refractivity contribution in [2.24, 2.45) is 5.18 Å². The zero-order valence-electron chi connectivity index (χ0n) is 12.7. The number of nitrogens with one attached hydrogen (secondary N) is 1. The molecule has 2 aromatic heterocycles. The molecule has 0 aliphatic heterocycles. The number of thiophene rings is 1. The van der Waals surface area contributed by atoms with Crippen LogP contribution in [0.2, 0.25) is 0 Å². The predicted octanol–water partition coefficient (Wildman–Crippen LogP) is 4.39. The summed E-state index contributed by atoms with van der Waals surface area (Å²) >= 11 is 5.58. The molecule has 0 saturated heterocycles. The first-order valence-corrected chi connectivity index (χ1v) is 8.39. The van der Waals surface area contributed by atoms with Crippen LogP contribution in [-0.2, 0) is 6.42 Å². The molecule has 8 heteroatoms. The van der Waals surface area contributed by atoms with Gasteiger partial charge in [0.25, 0.3) is 0 Å². The number of hydrogen-bond acceptors (Lipinski definition) is 7. The van der Waals surface area contributed by atoms with Crippen molar-refractivity contribution in [3.8, 4) is 10.8 Å². The highest BCUT2D eigenvalue weighted by Gasteiger charge is 2.30. The Morgan fingerprint density at radius 2 is 2.29 bits per heavy atom. The van der Waals surface area contributed by atoms with Gasteiger partial charge in [-0.25, -0.2) is 0 Å². The maximum atomic E-state index is 11.9. The van der Waals surface area contributed by atoms with E-state index in [-0.39, 0.29) is 4.88 Å². The molecule has 1 aliphatic rings. The number of thiol groups is 1. The Kier molecular flexibility index (Phi) is 4.59. The molecule has 24 heavy (non-hydrogen) atoms. The molecular formula is C16H13N3O3S2. The standard InChI is InChI=1S/C16H13N3O3S2/c1-8-11(3-2-6-18-8)22-16-12-10(14(24-16)15(20)19-21)5-4-9(7-17)13(12)23/h2-3,6-7,17,23H,4-5H2,1H3. The van der Waals surface area contributed by atoms with E-state index in [9.17, 15) is 9.70 Å². The summed E-state index contributed by atoms with van der Waals surface area (Å²) in [6.45, 7) is 1.81. The highest BCUT2D eigenvalue weighted by Crippen LogP contribution is 2.47. The molecule has 0 saturated carbocycles. The zero-order valence-corrected chi connectivity index (χ0v) is 14.4.